The van der Waals surface area contributed by atoms with Crippen molar-refractivity contribution in [3.8, 4) is 5.75 Å². The minimum Gasteiger partial charge on any atom is -0.478 e. The monoisotopic (exact) mass is 432 g/mol. The van der Waals surface area contributed by atoms with E-state index in [2.05, 4.69) is 0 Å². The van der Waals surface area contributed by atoms with Crippen LogP contribution in [0.5, 0.6) is 5.75 Å². The van der Waals surface area contributed by atoms with Crippen LogP contribution in [0.1, 0.15) is 41.4 Å². The van der Waals surface area contributed by atoms with E-state index in [4.69, 9.17) is 9.84 Å². The molecule has 0 spiro atoms. The fraction of sp³-hybridized carbons (Fsp3) is 0. The number of nitro benzene ring substituents is 1. The summed E-state index contributed by atoms with van der Waals surface area (Å²) in [5.41, 5.74) is 0.0755. The Hall–Kier alpha value is -4.86. The lowest BCUT2D eigenvalue weighted by molar-refractivity contribution is -0.384. The summed E-state index contributed by atoms with van der Waals surface area (Å²) in [5, 5.41) is 19.7. The molecule has 2 amide bonds. The summed E-state index contributed by atoms with van der Waals surface area (Å²) < 4.78 is 5.20. The van der Waals surface area contributed by atoms with Crippen LogP contribution >= 0.6 is 0 Å². The number of rotatable bonds is 5. The smallest absolute Gasteiger partial charge is 0.343 e. The first-order chi connectivity index (χ1) is 15.3. The maximum absolute atomic E-state index is 12.8. The number of nitro groups is 1. The first-order valence-electron chi connectivity index (χ1n) is 9.09. The van der Waals surface area contributed by atoms with Crippen LogP contribution in [-0.2, 0) is 0 Å². The lowest BCUT2D eigenvalue weighted by atomic mass is 10.1. The molecule has 0 aliphatic carbocycles. The maximum Gasteiger partial charge on any atom is 0.343 e. The molecule has 0 radical (unpaired) electrons. The topological polar surface area (TPSA) is 144 Å². The number of ether oxygens (including phenoxy) is 1. The summed E-state index contributed by atoms with van der Waals surface area (Å²) in [7, 11) is 0. The van der Waals surface area contributed by atoms with Gasteiger partial charge in [0.15, 0.2) is 0 Å². The SMILES string of the molecule is O=C(O)c1ccc(OC(=O)c2ccc3c(c2)C(=O)N(c2ccc([N+](=O)[O-])cc2)C3=O)cc1. The first-order valence-corrected chi connectivity index (χ1v) is 9.09. The average Bonchev–Trinajstić information content (AvgIpc) is 3.03. The van der Waals surface area contributed by atoms with Crippen LogP contribution in [-0.4, -0.2) is 33.8 Å². The highest BCUT2D eigenvalue weighted by molar-refractivity contribution is 6.34. The van der Waals surface area contributed by atoms with Crippen molar-refractivity contribution in [1.29, 1.82) is 0 Å². The van der Waals surface area contributed by atoms with Gasteiger partial charge in [0, 0.05) is 12.1 Å². The molecule has 3 aromatic carbocycles. The summed E-state index contributed by atoms with van der Waals surface area (Å²) in [5.74, 6) is -3.12. The Morgan fingerprint density at radius 3 is 2.03 bits per heavy atom. The minimum absolute atomic E-state index is 0.0102. The van der Waals surface area contributed by atoms with E-state index in [1.807, 2.05) is 0 Å². The lowest BCUT2D eigenvalue weighted by Gasteiger charge is -2.13. The van der Waals surface area contributed by atoms with Crippen molar-refractivity contribution in [1.82, 2.24) is 0 Å². The van der Waals surface area contributed by atoms with E-state index in [0.29, 0.717) is 0 Å². The fourth-order valence-corrected chi connectivity index (χ4v) is 3.16. The van der Waals surface area contributed by atoms with Gasteiger partial charge in [-0.25, -0.2) is 14.5 Å². The molecule has 1 aliphatic heterocycles. The summed E-state index contributed by atoms with van der Waals surface area (Å²) >= 11 is 0. The number of imide groups is 1. The van der Waals surface area contributed by atoms with Gasteiger partial charge in [0.2, 0.25) is 0 Å². The molecule has 1 N–H and O–H groups in total. The third kappa shape index (κ3) is 3.56. The van der Waals surface area contributed by atoms with Gasteiger partial charge >= 0.3 is 11.9 Å². The predicted octanol–water partition coefficient (Wildman–Crippen LogP) is 3.31. The van der Waals surface area contributed by atoms with Gasteiger partial charge in [-0.2, -0.15) is 0 Å². The molecule has 0 saturated heterocycles. The highest BCUT2D eigenvalue weighted by Gasteiger charge is 2.37. The van der Waals surface area contributed by atoms with Crippen LogP contribution in [0.3, 0.4) is 0 Å². The quantitative estimate of drug-likeness (QED) is 0.213. The van der Waals surface area contributed by atoms with E-state index in [-0.39, 0.29) is 39.4 Å². The molecule has 0 saturated carbocycles. The highest BCUT2D eigenvalue weighted by atomic mass is 16.6. The molecule has 1 heterocycles. The number of benzene rings is 3. The van der Waals surface area contributed by atoms with Gasteiger partial charge in [-0.15, -0.1) is 0 Å². The number of carbonyl (C=O) groups is 4. The van der Waals surface area contributed by atoms with Gasteiger partial charge in [0.05, 0.1) is 32.9 Å². The molecule has 32 heavy (non-hydrogen) atoms. The number of carbonyl (C=O) groups excluding carboxylic acids is 3. The zero-order valence-electron chi connectivity index (χ0n) is 16.1. The second-order valence-electron chi connectivity index (χ2n) is 6.70. The summed E-state index contributed by atoms with van der Waals surface area (Å²) in [6.45, 7) is 0. The van der Waals surface area contributed by atoms with Gasteiger partial charge in [-0.05, 0) is 54.6 Å². The van der Waals surface area contributed by atoms with Gasteiger partial charge in [-0.1, -0.05) is 0 Å². The van der Waals surface area contributed by atoms with Crippen LogP contribution in [0, 0.1) is 10.1 Å². The van der Waals surface area contributed by atoms with Crippen LogP contribution in [0.25, 0.3) is 0 Å². The second kappa shape index (κ2) is 7.76. The van der Waals surface area contributed by atoms with Crippen molar-refractivity contribution in [2.24, 2.45) is 0 Å². The molecule has 4 rings (SSSR count). The fourth-order valence-electron chi connectivity index (χ4n) is 3.16. The Kier molecular flexibility index (Phi) is 4.95. The zero-order chi connectivity index (χ0) is 23.0. The summed E-state index contributed by atoms with van der Waals surface area (Å²) in [6.07, 6.45) is 0. The van der Waals surface area contributed by atoms with Gasteiger partial charge < -0.3 is 9.84 Å². The first kappa shape index (κ1) is 20.4. The number of carboxylic acid groups (broad SMARTS) is 1. The van der Waals surface area contributed by atoms with Crippen molar-refractivity contribution in [2.75, 3.05) is 4.90 Å². The number of carboxylic acids is 1. The normalized spacial score (nSPS) is 12.4. The van der Waals surface area contributed by atoms with Crippen molar-refractivity contribution in [3.63, 3.8) is 0 Å². The molecule has 158 valence electrons. The number of aromatic carboxylic acids is 1. The zero-order valence-corrected chi connectivity index (χ0v) is 16.1. The molecule has 0 aromatic heterocycles. The minimum atomic E-state index is -1.12. The van der Waals surface area contributed by atoms with E-state index >= 15 is 0 Å². The molecule has 10 nitrogen and oxygen atoms in total. The van der Waals surface area contributed by atoms with Gasteiger partial charge in [0.25, 0.3) is 17.5 Å². The number of hydrogen-bond donors (Lipinski definition) is 1. The predicted molar refractivity (Wildman–Crippen MR) is 109 cm³/mol. The molecule has 0 fully saturated rings. The molecule has 1 aliphatic rings. The molecule has 10 heteroatoms. The number of hydrogen-bond acceptors (Lipinski definition) is 7. The van der Waals surface area contributed by atoms with Crippen LogP contribution < -0.4 is 9.64 Å². The Balaban J connectivity index is 1.57. The number of nitrogens with zero attached hydrogens (tertiary/aromatic N) is 2. The van der Waals surface area contributed by atoms with E-state index < -0.39 is 28.7 Å². The lowest BCUT2D eigenvalue weighted by Crippen LogP contribution is -2.29. The van der Waals surface area contributed by atoms with Crippen LogP contribution in [0.15, 0.2) is 66.7 Å². The Morgan fingerprint density at radius 2 is 1.44 bits per heavy atom. The molecule has 0 atom stereocenters. The van der Waals surface area contributed by atoms with Gasteiger partial charge in [-0.3, -0.25) is 19.7 Å². The number of non-ortho nitro benzene ring substituents is 1. The second-order valence-corrected chi connectivity index (χ2v) is 6.70. The van der Waals surface area contributed by atoms with E-state index in [1.165, 1.54) is 66.7 Å². The molecule has 0 unspecified atom stereocenters. The molecule has 0 bridgehead atoms. The third-order valence-electron chi connectivity index (χ3n) is 4.75. The van der Waals surface area contributed by atoms with E-state index in [0.717, 1.165) is 4.90 Å². The molecular weight excluding hydrogens is 420 g/mol. The standard InChI is InChI=1S/C22H12N2O8/c25-19-17-10-3-13(22(29)32-16-8-1-12(2-9-16)21(27)28)11-18(17)20(26)23(19)14-4-6-15(7-5-14)24(30)31/h1-11H,(H,27,28). The van der Waals surface area contributed by atoms with Crippen molar-refractivity contribution in [2.45, 2.75) is 0 Å². The van der Waals surface area contributed by atoms with Crippen molar-refractivity contribution < 1.29 is 33.9 Å². The van der Waals surface area contributed by atoms with Crippen LogP contribution in [0.4, 0.5) is 11.4 Å². The largest absolute Gasteiger partial charge is 0.478 e. The van der Waals surface area contributed by atoms with E-state index in [9.17, 15) is 29.3 Å². The van der Waals surface area contributed by atoms with Crippen LogP contribution in [0.2, 0.25) is 0 Å². The van der Waals surface area contributed by atoms with Gasteiger partial charge in [0.1, 0.15) is 5.75 Å². The average molecular weight is 432 g/mol. The highest BCUT2D eigenvalue weighted by Crippen LogP contribution is 2.30. The summed E-state index contributed by atoms with van der Waals surface area (Å²) in [6, 6.07) is 14.0. The Morgan fingerprint density at radius 1 is 0.844 bits per heavy atom. The van der Waals surface area contributed by atoms with Crippen molar-refractivity contribution >= 4 is 35.1 Å². The Labute approximate surface area is 179 Å². The Bertz CT molecular complexity index is 1300. The number of anilines is 1. The molecule has 3 aromatic rings. The summed E-state index contributed by atoms with van der Waals surface area (Å²) in [4.78, 5) is 60.0. The maximum atomic E-state index is 12.8. The third-order valence-corrected chi connectivity index (χ3v) is 4.75. The molecular formula is C22H12N2O8. The number of amides is 2. The van der Waals surface area contributed by atoms with Crippen molar-refractivity contribution in [3.05, 3.63) is 99.1 Å². The van der Waals surface area contributed by atoms with E-state index in [1.54, 1.807) is 0 Å². The number of esters is 1. The number of fused-ring (bicyclic) bond motifs is 1.